The monoisotopic (exact) mass is 570 g/mol. The lowest BCUT2D eigenvalue weighted by Gasteiger charge is -2.31. The van der Waals surface area contributed by atoms with Gasteiger partial charge >= 0.3 is 0 Å². The molecule has 1 atom stereocenters. The number of carbonyl (C=O) groups is 3. The number of halogens is 1. The molecule has 0 bridgehead atoms. The average Bonchev–Trinajstić information content (AvgIpc) is 3.31. The van der Waals surface area contributed by atoms with Crippen molar-refractivity contribution in [2.45, 2.75) is 38.6 Å². The fourth-order valence-corrected chi connectivity index (χ4v) is 5.73. The molecule has 0 N–H and O–H groups in total. The van der Waals surface area contributed by atoms with E-state index in [1.54, 1.807) is 29.2 Å². The van der Waals surface area contributed by atoms with Gasteiger partial charge in [0.15, 0.2) is 0 Å². The number of rotatable bonds is 5. The molecule has 37 heavy (non-hydrogen) atoms. The van der Waals surface area contributed by atoms with Crippen LogP contribution < -0.4 is 0 Å². The lowest BCUT2D eigenvalue weighted by molar-refractivity contribution is 0.0528. The Labute approximate surface area is 226 Å². The van der Waals surface area contributed by atoms with Gasteiger partial charge in [0.1, 0.15) is 8.07 Å². The number of carbonyl (C=O) groups excluding carboxylic acids is 3. The highest BCUT2D eigenvalue weighted by Crippen LogP contribution is 2.30. The molecule has 2 heterocycles. The van der Waals surface area contributed by atoms with Crippen molar-refractivity contribution in [1.82, 2.24) is 9.80 Å². The van der Waals surface area contributed by atoms with Gasteiger partial charge in [0.2, 0.25) is 0 Å². The van der Waals surface area contributed by atoms with Crippen LogP contribution in [0.2, 0.25) is 19.6 Å². The minimum absolute atomic E-state index is 0.0845. The molecule has 5 rings (SSSR count). The van der Waals surface area contributed by atoms with E-state index in [0.717, 1.165) is 21.2 Å². The summed E-state index contributed by atoms with van der Waals surface area (Å²) in [6, 6.07) is 20.2. The molecule has 3 amide bonds. The first-order valence-electron chi connectivity index (χ1n) is 12.3. The van der Waals surface area contributed by atoms with Gasteiger partial charge in [0, 0.05) is 22.1 Å². The van der Waals surface area contributed by atoms with E-state index < -0.39 is 8.07 Å². The summed E-state index contributed by atoms with van der Waals surface area (Å²) < 4.78 is 0.909. The smallest absolute Gasteiger partial charge is 0.261 e. The van der Waals surface area contributed by atoms with E-state index in [-0.39, 0.29) is 30.3 Å². The van der Waals surface area contributed by atoms with Gasteiger partial charge in [-0.3, -0.25) is 19.3 Å². The highest BCUT2D eigenvalue weighted by molar-refractivity contribution is 9.10. The van der Waals surface area contributed by atoms with Gasteiger partial charge in [0.05, 0.1) is 23.7 Å². The Morgan fingerprint density at radius 2 is 1.57 bits per heavy atom. The predicted molar refractivity (Wildman–Crippen MR) is 150 cm³/mol. The Kier molecular flexibility index (Phi) is 6.65. The third-order valence-corrected chi connectivity index (χ3v) is 7.96. The van der Waals surface area contributed by atoms with Crippen LogP contribution in [0.15, 0.2) is 71.2 Å². The fraction of sp³-hybridized carbons (Fsp3) is 0.233. The predicted octanol–water partition coefficient (Wildman–Crippen LogP) is 5.54. The Bertz CT molecular complexity index is 1460. The van der Waals surface area contributed by atoms with Crippen molar-refractivity contribution in [2.24, 2.45) is 0 Å². The van der Waals surface area contributed by atoms with Gasteiger partial charge in [-0.2, -0.15) is 0 Å². The molecule has 0 aliphatic carbocycles. The number of benzene rings is 3. The largest absolute Gasteiger partial charge is 0.329 e. The van der Waals surface area contributed by atoms with E-state index in [2.05, 4.69) is 47.0 Å². The second-order valence-corrected chi connectivity index (χ2v) is 16.2. The van der Waals surface area contributed by atoms with E-state index >= 15 is 0 Å². The van der Waals surface area contributed by atoms with Crippen LogP contribution in [0.3, 0.4) is 0 Å². The van der Waals surface area contributed by atoms with Crippen molar-refractivity contribution in [2.75, 3.05) is 6.54 Å². The summed E-state index contributed by atoms with van der Waals surface area (Å²) in [5.74, 6) is 2.59. The zero-order valence-corrected chi connectivity index (χ0v) is 23.6. The maximum Gasteiger partial charge on any atom is 0.261 e. The number of hydrogen-bond acceptors (Lipinski definition) is 3. The molecule has 0 saturated heterocycles. The van der Waals surface area contributed by atoms with Gasteiger partial charge in [-0.25, -0.2) is 0 Å². The van der Waals surface area contributed by atoms with Crippen LogP contribution in [0.4, 0.5) is 0 Å². The summed E-state index contributed by atoms with van der Waals surface area (Å²) in [5, 5.41) is 0. The molecular weight excluding hydrogens is 544 g/mol. The molecule has 7 heteroatoms. The van der Waals surface area contributed by atoms with Crippen LogP contribution in [0.1, 0.15) is 47.8 Å². The Balaban J connectivity index is 1.47. The SMILES string of the molecule is C[Si](C)(C)C#Cc1cccc(C[C@H](CN2C(=O)c3ccccc3C2=O)N2Cc3cc(Br)ccc3C2=O)c1. The maximum atomic E-state index is 13.5. The average molecular weight is 572 g/mol. The second-order valence-electron chi connectivity index (χ2n) is 10.6. The third kappa shape index (κ3) is 5.18. The first-order valence-corrected chi connectivity index (χ1v) is 16.6. The fourth-order valence-electron chi connectivity index (χ4n) is 4.80. The van der Waals surface area contributed by atoms with Crippen LogP contribution in [-0.2, 0) is 13.0 Å². The molecule has 5 nitrogen and oxygen atoms in total. The molecule has 2 aliphatic heterocycles. The minimum Gasteiger partial charge on any atom is -0.329 e. The van der Waals surface area contributed by atoms with Crippen LogP contribution in [-0.4, -0.2) is 48.2 Å². The summed E-state index contributed by atoms with van der Waals surface area (Å²) in [6.07, 6.45) is 0.497. The normalized spacial score (nSPS) is 15.4. The van der Waals surface area contributed by atoms with Crippen molar-refractivity contribution >= 4 is 41.7 Å². The van der Waals surface area contributed by atoms with Crippen LogP contribution in [0.25, 0.3) is 0 Å². The minimum atomic E-state index is -1.53. The Morgan fingerprint density at radius 3 is 2.24 bits per heavy atom. The lowest BCUT2D eigenvalue weighted by atomic mass is 10.0. The van der Waals surface area contributed by atoms with Crippen molar-refractivity contribution < 1.29 is 14.4 Å². The van der Waals surface area contributed by atoms with Crippen LogP contribution >= 0.6 is 15.9 Å². The first-order chi connectivity index (χ1) is 17.6. The third-order valence-electron chi connectivity index (χ3n) is 6.59. The molecular formula is C30H27BrN2O3Si. The van der Waals surface area contributed by atoms with Gasteiger partial charge in [-0.15, -0.1) is 5.54 Å². The number of imide groups is 1. The zero-order valence-electron chi connectivity index (χ0n) is 21.0. The zero-order chi connectivity index (χ0) is 26.3. The first kappa shape index (κ1) is 25.2. The van der Waals surface area contributed by atoms with Gasteiger partial charge in [-0.05, 0) is 60.0 Å². The molecule has 3 aromatic carbocycles. The number of fused-ring (bicyclic) bond motifs is 2. The van der Waals surface area contributed by atoms with E-state index in [0.29, 0.717) is 29.7 Å². The Hall–Kier alpha value is -3.47. The van der Waals surface area contributed by atoms with Crippen LogP contribution in [0, 0.1) is 11.5 Å². The van der Waals surface area contributed by atoms with Crippen molar-refractivity contribution in [3.8, 4) is 11.5 Å². The Morgan fingerprint density at radius 1 is 0.865 bits per heavy atom. The number of hydrogen-bond donors (Lipinski definition) is 0. The highest BCUT2D eigenvalue weighted by Gasteiger charge is 2.40. The molecule has 186 valence electrons. The number of nitrogens with zero attached hydrogens (tertiary/aromatic N) is 2. The molecule has 0 aromatic heterocycles. The van der Waals surface area contributed by atoms with Crippen molar-refractivity contribution in [3.63, 3.8) is 0 Å². The lowest BCUT2D eigenvalue weighted by Crippen LogP contribution is -2.47. The van der Waals surface area contributed by atoms with E-state index in [1.165, 1.54) is 4.90 Å². The van der Waals surface area contributed by atoms with E-state index in [9.17, 15) is 14.4 Å². The topological polar surface area (TPSA) is 57.7 Å². The molecule has 0 radical (unpaired) electrons. The maximum absolute atomic E-state index is 13.5. The standard InChI is InChI=1S/C30H27BrN2O3Si/c1-37(2,3)14-13-20-7-6-8-21(15-20)16-24(32-18-22-17-23(31)11-12-25(22)28(32)34)19-33-29(35)26-9-4-5-10-27(26)30(33)36/h4-12,15,17,24H,16,18-19H2,1-3H3/t24-/m1/s1. The van der Waals surface area contributed by atoms with Crippen LogP contribution in [0.5, 0.6) is 0 Å². The molecule has 0 spiro atoms. The van der Waals surface area contributed by atoms with E-state index in [1.807, 2.05) is 42.5 Å². The quantitative estimate of drug-likeness (QED) is 0.230. The van der Waals surface area contributed by atoms with Gasteiger partial charge in [-0.1, -0.05) is 65.8 Å². The van der Waals surface area contributed by atoms with Gasteiger partial charge in [0.25, 0.3) is 17.7 Å². The summed E-state index contributed by atoms with van der Waals surface area (Å²) in [5.41, 5.74) is 7.75. The van der Waals surface area contributed by atoms with E-state index in [4.69, 9.17) is 0 Å². The summed E-state index contributed by atoms with van der Waals surface area (Å²) in [4.78, 5) is 42.9. The summed E-state index contributed by atoms with van der Waals surface area (Å²) >= 11 is 3.50. The second kappa shape index (κ2) is 9.77. The molecule has 3 aromatic rings. The van der Waals surface area contributed by atoms with Gasteiger partial charge < -0.3 is 4.90 Å². The highest BCUT2D eigenvalue weighted by atomic mass is 79.9. The van der Waals surface area contributed by atoms with Crippen molar-refractivity contribution in [3.05, 3.63) is 105 Å². The number of amides is 3. The molecule has 0 unspecified atom stereocenters. The summed E-state index contributed by atoms with van der Waals surface area (Å²) in [6.45, 7) is 7.17. The van der Waals surface area contributed by atoms with Crippen molar-refractivity contribution in [1.29, 1.82) is 0 Å². The molecule has 0 fully saturated rings. The summed E-state index contributed by atoms with van der Waals surface area (Å²) in [7, 11) is -1.53. The molecule has 0 saturated carbocycles. The molecule has 2 aliphatic rings.